The Bertz CT molecular complexity index is 3860. The molecule has 104 heavy (non-hydrogen) atoms. The van der Waals surface area contributed by atoms with Gasteiger partial charge in [-0.3, -0.25) is 13.7 Å². The van der Waals surface area contributed by atoms with Crippen LogP contribution in [0.2, 0.25) is 66.5 Å². The normalized spacial score (nSPS) is 28.1. The van der Waals surface area contributed by atoms with Crippen LogP contribution in [0.3, 0.4) is 0 Å². The smallest absolute Gasteiger partial charge is 0.335 e. The SMILES string of the molecule is CC(=S)O[C@@H]1C2O[Si](C(C)C)(C(C)C)O[Si](C(C)C)(C(C)C)OC[C@@H]2O[C@@H]1n1cnc2c(N)ncnc21.CC(C)[Si]1(C(C)C)OC[C@@H]2O[C@H](n3cnc4c(N)ncnc43)CC2O[Si](C(C)C)(C(C)C)O1.CC(C)[Si]1(C(C)C)OC[C@@H]2O[C@H](n3cnc4c(N)ncnc43)[C@H](O)C2O[Si](C(C)C)(C(C)C)O1. The van der Waals surface area contributed by atoms with Crippen LogP contribution in [0.15, 0.2) is 38.0 Å². The van der Waals surface area contributed by atoms with Gasteiger partial charge in [-0.2, -0.15) is 0 Å². The molecule has 0 saturated carbocycles. The van der Waals surface area contributed by atoms with Gasteiger partial charge in [-0.1, -0.05) is 166 Å². The van der Waals surface area contributed by atoms with Crippen molar-refractivity contribution in [1.82, 2.24) is 58.6 Å². The molecule has 12 rings (SSSR count). The highest BCUT2D eigenvalue weighted by atomic mass is 32.1. The van der Waals surface area contributed by atoms with Crippen molar-refractivity contribution < 1.29 is 63.0 Å². The molecule has 580 valence electrons. The van der Waals surface area contributed by atoms with E-state index in [0.717, 1.165) is 0 Å². The summed E-state index contributed by atoms with van der Waals surface area (Å²) in [5, 5.41) is 11.9. The molecule has 6 aliphatic rings. The van der Waals surface area contributed by atoms with E-state index in [-0.39, 0.29) is 79.7 Å². The molecule has 6 aromatic rings. The van der Waals surface area contributed by atoms with Gasteiger partial charge in [-0.05, 0) is 78.7 Å². The lowest BCUT2D eigenvalue weighted by molar-refractivity contribution is -0.0570. The van der Waals surface area contributed by atoms with Crippen LogP contribution >= 0.6 is 12.2 Å². The van der Waals surface area contributed by atoms with Crippen LogP contribution in [0.1, 0.15) is 198 Å². The van der Waals surface area contributed by atoms with Crippen LogP contribution in [0, 0.1) is 0 Å². The van der Waals surface area contributed by atoms with E-state index in [1.54, 1.807) is 30.5 Å². The van der Waals surface area contributed by atoms with Crippen molar-refractivity contribution in [2.24, 2.45) is 0 Å². The van der Waals surface area contributed by atoms with Gasteiger partial charge in [0.05, 0.1) is 44.9 Å². The minimum Gasteiger partial charge on any atom is -0.477 e. The Balaban J connectivity index is 0.000000168. The second-order valence-corrected chi connectivity index (χ2v) is 59.7. The molecule has 36 heteroatoms. The first-order chi connectivity index (χ1) is 48.8. The molecular weight excluding hydrogens is 1450 g/mol. The highest BCUT2D eigenvalue weighted by molar-refractivity contribution is 7.80. The lowest BCUT2D eigenvalue weighted by Gasteiger charge is -2.51. The third-order valence-electron chi connectivity index (χ3n) is 22.1. The molecule has 0 aliphatic carbocycles. The lowest BCUT2D eigenvalue weighted by atomic mass is 10.1. The second-order valence-electron chi connectivity index (χ2n) is 32.6. The van der Waals surface area contributed by atoms with Gasteiger partial charge < -0.3 is 80.2 Å². The molecule has 3 unspecified atom stereocenters. The number of hydrogen-bond donors (Lipinski definition) is 4. The maximum Gasteiger partial charge on any atom is 0.335 e. The first-order valence-electron chi connectivity index (χ1n) is 37.5. The fourth-order valence-corrected chi connectivity index (χ4v) is 50.3. The first-order valence-corrected chi connectivity index (χ1v) is 49.7. The van der Waals surface area contributed by atoms with Crippen LogP contribution in [0.4, 0.5) is 17.5 Å². The first kappa shape index (κ1) is 82.2. The Kier molecular flexibility index (Phi) is 25.3. The van der Waals surface area contributed by atoms with Crippen molar-refractivity contribution in [3.05, 3.63) is 38.0 Å². The molecule has 12 heterocycles. The molecule has 6 aromatic heterocycles. The fourth-order valence-electron chi connectivity index (χ4n) is 16.5. The Hall–Kier alpha value is -4.28. The number of aliphatic hydroxyl groups excluding tert-OH is 1. The molecule has 0 bridgehead atoms. The van der Waals surface area contributed by atoms with E-state index in [2.05, 4.69) is 211 Å². The van der Waals surface area contributed by atoms with Gasteiger partial charge in [0.15, 0.2) is 58.0 Å². The molecule has 0 amide bonds. The molecule has 6 aliphatic heterocycles. The van der Waals surface area contributed by atoms with Gasteiger partial charge in [0, 0.05) is 13.3 Å². The summed E-state index contributed by atoms with van der Waals surface area (Å²) in [6, 6.07) is 0. The third-order valence-corrected chi connectivity index (χ3v) is 53.0. The maximum absolute atomic E-state index is 11.5. The van der Waals surface area contributed by atoms with Crippen molar-refractivity contribution >= 4 is 120 Å². The van der Waals surface area contributed by atoms with E-state index in [1.807, 2.05) is 9.13 Å². The number of imidazole rings is 3. The Morgan fingerprint density at radius 3 is 1.11 bits per heavy atom. The number of nitrogen functional groups attached to an aromatic ring is 3. The van der Waals surface area contributed by atoms with Crippen molar-refractivity contribution in [1.29, 1.82) is 0 Å². The number of anilines is 3. The third kappa shape index (κ3) is 14.9. The molecule has 29 nitrogen and oxygen atoms in total. The highest BCUT2D eigenvalue weighted by Crippen LogP contribution is 2.53. The monoisotopic (exact) mass is 1570 g/mol. The van der Waals surface area contributed by atoms with E-state index in [9.17, 15) is 5.11 Å². The van der Waals surface area contributed by atoms with Gasteiger partial charge in [-0.15, -0.1) is 0 Å². The van der Waals surface area contributed by atoms with E-state index < -0.39 is 100 Å². The number of nitrogens with zero attached hydrogens (tertiary/aromatic N) is 12. The number of ether oxygens (including phenoxy) is 4. The summed E-state index contributed by atoms with van der Waals surface area (Å²) in [5.74, 6) is 0.956. The van der Waals surface area contributed by atoms with Crippen LogP contribution in [0.25, 0.3) is 33.5 Å². The topological polar surface area (TPSA) is 349 Å². The van der Waals surface area contributed by atoms with Crippen molar-refractivity contribution in [3.8, 4) is 0 Å². The summed E-state index contributed by atoms with van der Waals surface area (Å²) in [6.45, 7) is 55.6. The number of nitrogens with two attached hydrogens (primary N) is 3. The number of thiocarbonyl (C=S) groups is 1. The summed E-state index contributed by atoms with van der Waals surface area (Å²) in [7, 11) is -16.4. The summed E-state index contributed by atoms with van der Waals surface area (Å²) in [6.07, 6.45) is 4.61. The summed E-state index contributed by atoms with van der Waals surface area (Å²) in [5.41, 5.74) is 24.1. The van der Waals surface area contributed by atoms with Crippen LogP contribution in [-0.2, 0) is 57.8 Å². The van der Waals surface area contributed by atoms with Gasteiger partial charge >= 0.3 is 51.4 Å². The zero-order chi connectivity index (χ0) is 76.4. The van der Waals surface area contributed by atoms with Gasteiger partial charge in [0.2, 0.25) is 0 Å². The van der Waals surface area contributed by atoms with Crippen molar-refractivity contribution in [3.63, 3.8) is 0 Å². The lowest BCUT2D eigenvalue weighted by Crippen LogP contribution is -2.66. The molecule has 6 saturated heterocycles. The van der Waals surface area contributed by atoms with Gasteiger partial charge in [0.25, 0.3) is 0 Å². The molecule has 0 aromatic carbocycles. The zero-order valence-electron chi connectivity index (χ0n) is 65.8. The Labute approximate surface area is 626 Å². The van der Waals surface area contributed by atoms with Crippen LogP contribution in [0.5, 0.6) is 0 Å². The van der Waals surface area contributed by atoms with E-state index in [4.69, 9.17) is 87.3 Å². The number of hydrogen-bond acceptors (Lipinski definition) is 27. The second kappa shape index (κ2) is 32.0. The largest absolute Gasteiger partial charge is 0.477 e. The van der Waals surface area contributed by atoms with Gasteiger partial charge in [-0.25, -0.2) is 44.9 Å². The molecule has 0 radical (unpaired) electrons. The number of aromatic nitrogens is 12. The minimum atomic E-state index is -2.87. The molecule has 0 spiro atoms. The molecule has 7 N–H and O–H groups in total. The van der Waals surface area contributed by atoms with Crippen molar-refractivity contribution in [2.45, 2.75) is 314 Å². The average Bonchev–Trinajstić information content (AvgIpc) is 1.45. The van der Waals surface area contributed by atoms with Crippen molar-refractivity contribution in [2.75, 3.05) is 37.0 Å². The number of fused-ring (bicyclic) bond motifs is 6. The Morgan fingerprint density at radius 2 is 0.731 bits per heavy atom. The maximum atomic E-state index is 11.5. The zero-order valence-corrected chi connectivity index (χ0v) is 72.6. The van der Waals surface area contributed by atoms with Crippen LogP contribution < -0.4 is 17.2 Å². The molecular formula is C68H119N15O14SSi6. The van der Waals surface area contributed by atoms with E-state index >= 15 is 0 Å². The fraction of sp³-hybridized carbons (Fsp3) is 0.765. The van der Waals surface area contributed by atoms with Crippen LogP contribution in [-0.4, -0.2) is 189 Å². The standard InChI is InChI=1S/C24H41N5O5SSi2.C22H39N5O5Si2.C22H39N5O4Si2/c1-13(2)36(14(3)4)30-10-18-20(33-37(34-36,15(5)6)16(7)8)21(31-17(9)35)24(32-18)29-12-28-19-22(25)26-11-27-23(19)29;1-12(2)33(13(3)4)29-9-16-19(31-34(32-33,14(5)6)15(7)8)18(28)22(30-16)27-11-26-17-20(23)24-10-25-21(17)27;1-13(2)32(14(3)4)28-10-18-17(30-33(31-32,15(5)6)16(7)8)9-19(29-18)27-12-26-20-21(23)24-11-25-22(20)27/h11-16,18,20-21,24H,10H2,1-9H3,(H2,25,26,27);10-16,18-19,22,28H,9H2,1-8H3,(H2,23,24,25);11-19H,9-10H2,1-8H3,(H2,23,24,25)/t18-,20?,21+,24-;16-,18+,19?,22-;17?,18-,19-/m000/s1. The predicted octanol–water partition coefficient (Wildman–Crippen LogP) is 13.3. The minimum absolute atomic E-state index is 0.116. The summed E-state index contributed by atoms with van der Waals surface area (Å²) >= 11 is 5.40. The van der Waals surface area contributed by atoms with Gasteiger partial charge in [0.1, 0.15) is 78.4 Å². The predicted molar refractivity (Wildman–Crippen MR) is 416 cm³/mol. The average molecular weight is 1570 g/mol. The molecule has 6 fully saturated rings. The number of aliphatic hydroxyl groups is 1. The quantitative estimate of drug-likeness (QED) is 0.0516. The van der Waals surface area contributed by atoms with E-state index in [1.165, 1.54) is 19.0 Å². The number of rotatable bonds is 16. The highest BCUT2D eigenvalue weighted by Gasteiger charge is 2.66. The Morgan fingerprint density at radius 1 is 0.413 bits per heavy atom. The summed E-state index contributed by atoms with van der Waals surface area (Å²) in [4.78, 5) is 38.5. The summed E-state index contributed by atoms with van der Waals surface area (Å²) < 4.78 is 94.9. The van der Waals surface area contributed by atoms with E-state index in [0.29, 0.717) is 87.5 Å². The molecule has 11 atom stereocenters.